The molecule has 0 amide bonds. The molecule has 0 bridgehead atoms. The molecule has 0 aromatic rings. The van der Waals surface area contributed by atoms with E-state index in [0.29, 0.717) is 50.6 Å². The molecule has 0 spiro atoms. The van der Waals surface area contributed by atoms with Crippen LogP contribution in [0, 0.1) is 17.8 Å². The van der Waals surface area contributed by atoms with Crippen LogP contribution in [0.3, 0.4) is 0 Å². The topological polar surface area (TPSA) is 58.6 Å². The van der Waals surface area contributed by atoms with E-state index in [4.69, 9.17) is 4.74 Å². The molecular formula is C12H26N2O3S. The Bertz CT molecular complexity index is 327. The summed E-state index contributed by atoms with van der Waals surface area (Å²) in [5.74, 6) is 1.30. The summed E-state index contributed by atoms with van der Waals surface area (Å²) in [7, 11) is -3.34. The van der Waals surface area contributed by atoms with Gasteiger partial charge in [0.2, 0.25) is 0 Å². The highest BCUT2D eigenvalue weighted by Crippen LogP contribution is 2.20. The van der Waals surface area contributed by atoms with E-state index in [9.17, 15) is 8.42 Å². The van der Waals surface area contributed by atoms with Crippen molar-refractivity contribution in [2.24, 2.45) is 17.8 Å². The highest BCUT2D eigenvalue weighted by Gasteiger charge is 2.26. The summed E-state index contributed by atoms with van der Waals surface area (Å²) in [5.41, 5.74) is 0. The van der Waals surface area contributed by atoms with Crippen LogP contribution in [0.15, 0.2) is 0 Å². The van der Waals surface area contributed by atoms with Gasteiger partial charge >= 0.3 is 0 Å². The lowest BCUT2D eigenvalue weighted by molar-refractivity contribution is 0.0723. The molecule has 1 heterocycles. The van der Waals surface area contributed by atoms with Gasteiger partial charge < -0.3 is 4.74 Å². The van der Waals surface area contributed by atoms with Crippen LogP contribution in [0.25, 0.3) is 0 Å². The number of ether oxygens (including phenoxy) is 1. The molecule has 0 saturated carbocycles. The number of hydrogen-bond acceptors (Lipinski definition) is 3. The first-order valence-electron chi connectivity index (χ1n) is 6.67. The van der Waals surface area contributed by atoms with E-state index >= 15 is 0 Å². The average Bonchev–Trinajstić information content (AvgIpc) is 2.29. The van der Waals surface area contributed by atoms with Crippen LogP contribution in [0.5, 0.6) is 0 Å². The monoisotopic (exact) mass is 278 g/mol. The Balaban J connectivity index is 2.54. The van der Waals surface area contributed by atoms with E-state index in [1.807, 2.05) is 0 Å². The molecule has 6 heteroatoms. The quantitative estimate of drug-likeness (QED) is 0.791. The lowest BCUT2D eigenvalue weighted by Gasteiger charge is -2.29. The van der Waals surface area contributed by atoms with Gasteiger partial charge in [-0.1, -0.05) is 27.7 Å². The summed E-state index contributed by atoms with van der Waals surface area (Å²) in [6, 6.07) is 0. The van der Waals surface area contributed by atoms with Crippen molar-refractivity contribution < 1.29 is 13.2 Å². The van der Waals surface area contributed by atoms with Crippen LogP contribution in [-0.4, -0.2) is 45.6 Å². The Kier molecular flexibility index (Phi) is 6.04. The Morgan fingerprint density at radius 3 is 2.06 bits per heavy atom. The van der Waals surface area contributed by atoms with Gasteiger partial charge in [-0.05, 0) is 17.8 Å². The maximum atomic E-state index is 12.1. The predicted molar refractivity (Wildman–Crippen MR) is 72.5 cm³/mol. The molecule has 108 valence electrons. The van der Waals surface area contributed by atoms with Gasteiger partial charge in [0.05, 0.1) is 13.2 Å². The molecule has 1 saturated heterocycles. The van der Waals surface area contributed by atoms with E-state index in [1.54, 1.807) is 0 Å². The maximum Gasteiger partial charge on any atom is 0.279 e. The molecule has 1 N–H and O–H groups in total. The van der Waals surface area contributed by atoms with Gasteiger partial charge in [-0.3, -0.25) is 0 Å². The summed E-state index contributed by atoms with van der Waals surface area (Å²) in [6.45, 7) is 10.9. The molecule has 18 heavy (non-hydrogen) atoms. The van der Waals surface area contributed by atoms with Gasteiger partial charge in [0.1, 0.15) is 0 Å². The van der Waals surface area contributed by atoms with E-state index in [2.05, 4.69) is 32.4 Å². The van der Waals surface area contributed by atoms with Crippen LogP contribution >= 0.6 is 0 Å². The normalized spacial score (nSPS) is 19.1. The first-order chi connectivity index (χ1) is 8.34. The first kappa shape index (κ1) is 15.9. The molecule has 1 rings (SSSR count). The van der Waals surface area contributed by atoms with Crippen molar-refractivity contribution in [2.75, 3.05) is 32.8 Å². The van der Waals surface area contributed by atoms with Crippen LogP contribution in [-0.2, 0) is 14.9 Å². The molecule has 0 atom stereocenters. The lowest BCUT2D eigenvalue weighted by atomic mass is 9.86. The van der Waals surface area contributed by atoms with Gasteiger partial charge in [0, 0.05) is 19.6 Å². The summed E-state index contributed by atoms with van der Waals surface area (Å²) in [4.78, 5) is 0. The Morgan fingerprint density at radius 2 is 1.61 bits per heavy atom. The SMILES string of the molecule is CC(C)C(CNS(=O)(=O)N1CCOCC1)C(C)C. The largest absolute Gasteiger partial charge is 0.379 e. The number of morpholine rings is 1. The van der Waals surface area contributed by atoms with E-state index in [-0.39, 0.29) is 0 Å². The molecule has 0 radical (unpaired) electrons. The smallest absolute Gasteiger partial charge is 0.279 e. The van der Waals surface area contributed by atoms with Gasteiger partial charge in [-0.25, -0.2) is 4.72 Å². The minimum Gasteiger partial charge on any atom is -0.379 e. The standard InChI is InChI=1S/C12H26N2O3S/c1-10(2)12(11(3)4)9-13-18(15,16)14-5-7-17-8-6-14/h10-13H,5-9H2,1-4H3. The summed E-state index contributed by atoms with van der Waals surface area (Å²) < 4.78 is 33.6. The summed E-state index contributed by atoms with van der Waals surface area (Å²) >= 11 is 0. The van der Waals surface area contributed by atoms with Crippen molar-refractivity contribution in [1.82, 2.24) is 9.03 Å². The molecule has 0 aromatic heterocycles. The zero-order valence-electron chi connectivity index (χ0n) is 11.8. The number of nitrogens with one attached hydrogen (secondary N) is 1. The van der Waals surface area contributed by atoms with Crippen LogP contribution < -0.4 is 4.72 Å². The average molecular weight is 278 g/mol. The van der Waals surface area contributed by atoms with Crippen LogP contribution in [0.1, 0.15) is 27.7 Å². The minimum absolute atomic E-state index is 0.362. The van der Waals surface area contributed by atoms with Crippen molar-refractivity contribution >= 4 is 10.2 Å². The highest BCUT2D eigenvalue weighted by molar-refractivity contribution is 7.87. The third-order valence-corrected chi connectivity index (χ3v) is 5.10. The minimum atomic E-state index is -3.34. The van der Waals surface area contributed by atoms with E-state index in [1.165, 1.54) is 4.31 Å². The molecule has 1 aliphatic rings. The second-order valence-corrected chi connectivity index (χ2v) is 7.27. The first-order valence-corrected chi connectivity index (χ1v) is 8.11. The maximum absolute atomic E-state index is 12.1. The van der Waals surface area contributed by atoms with Crippen LogP contribution in [0.4, 0.5) is 0 Å². The molecule has 1 aliphatic heterocycles. The Hall–Kier alpha value is -0.170. The second-order valence-electron chi connectivity index (χ2n) is 5.52. The molecular weight excluding hydrogens is 252 g/mol. The molecule has 1 fully saturated rings. The van der Waals surface area contributed by atoms with E-state index in [0.717, 1.165) is 0 Å². The van der Waals surface area contributed by atoms with Crippen LogP contribution in [0.2, 0.25) is 0 Å². The van der Waals surface area contributed by atoms with Gasteiger partial charge in [-0.2, -0.15) is 12.7 Å². The fourth-order valence-corrected chi connectivity index (χ4v) is 3.54. The number of nitrogens with zero attached hydrogens (tertiary/aromatic N) is 1. The van der Waals surface area contributed by atoms with Crippen molar-refractivity contribution in [3.63, 3.8) is 0 Å². The molecule has 5 nitrogen and oxygen atoms in total. The zero-order chi connectivity index (χ0) is 13.8. The Morgan fingerprint density at radius 1 is 1.11 bits per heavy atom. The fraction of sp³-hybridized carbons (Fsp3) is 1.00. The second kappa shape index (κ2) is 6.84. The van der Waals surface area contributed by atoms with E-state index < -0.39 is 10.2 Å². The predicted octanol–water partition coefficient (Wildman–Crippen LogP) is 1.08. The Labute approximate surface area is 111 Å². The van der Waals surface area contributed by atoms with Crippen molar-refractivity contribution in [3.8, 4) is 0 Å². The molecule has 0 unspecified atom stereocenters. The molecule has 0 aliphatic carbocycles. The number of hydrogen-bond donors (Lipinski definition) is 1. The van der Waals surface area contributed by atoms with Gasteiger partial charge in [-0.15, -0.1) is 0 Å². The lowest BCUT2D eigenvalue weighted by Crippen LogP contribution is -2.48. The summed E-state index contributed by atoms with van der Waals surface area (Å²) in [5, 5.41) is 0. The van der Waals surface area contributed by atoms with Crippen molar-refractivity contribution in [2.45, 2.75) is 27.7 Å². The van der Waals surface area contributed by atoms with Gasteiger partial charge in [0.25, 0.3) is 10.2 Å². The highest BCUT2D eigenvalue weighted by atomic mass is 32.2. The van der Waals surface area contributed by atoms with Crippen molar-refractivity contribution in [3.05, 3.63) is 0 Å². The zero-order valence-corrected chi connectivity index (χ0v) is 12.7. The van der Waals surface area contributed by atoms with Crippen molar-refractivity contribution in [1.29, 1.82) is 0 Å². The third kappa shape index (κ3) is 4.50. The third-order valence-electron chi connectivity index (χ3n) is 3.52. The number of rotatable bonds is 6. The molecule has 0 aromatic carbocycles. The fourth-order valence-electron chi connectivity index (χ4n) is 2.32. The summed E-state index contributed by atoms with van der Waals surface area (Å²) in [6.07, 6.45) is 0. The van der Waals surface area contributed by atoms with Gasteiger partial charge in [0.15, 0.2) is 0 Å².